The molecule has 0 spiro atoms. The molecule has 0 unspecified atom stereocenters. The number of H-pyrrole nitrogens is 1. The van der Waals surface area contributed by atoms with Gasteiger partial charge in [0.25, 0.3) is 10.7 Å². The average Bonchev–Trinajstić information content (AvgIpc) is 2.91. The van der Waals surface area contributed by atoms with Crippen LogP contribution in [0.3, 0.4) is 0 Å². The number of nitrogens with one attached hydrogen (secondary N) is 1. The van der Waals surface area contributed by atoms with Gasteiger partial charge in [-0.2, -0.15) is 0 Å². The lowest BCUT2D eigenvalue weighted by Gasteiger charge is -2.33. The van der Waals surface area contributed by atoms with Crippen molar-refractivity contribution < 1.29 is 18.7 Å². The smallest absolute Gasteiger partial charge is 0.311 e. The molecule has 1 saturated heterocycles. The van der Waals surface area contributed by atoms with E-state index in [1.165, 1.54) is 0 Å². The molecule has 25 heavy (non-hydrogen) atoms. The van der Waals surface area contributed by atoms with Crippen molar-refractivity contribution in [2.24, 2.45) is 5.92 Å². The van der Waals surface area contributed by atoms with Gasteiger partial charge >= 0.3 is 5.97 Å². The number of aromatic nitrogens is 1. The van der Waals surface area contributed by atoms with E-state index in [0.29, 0.717) is 24.2 Å². The summed E-state index contributed by atoms with van der Waals surface area (Å²) in [6.07, 6.45) is 1.52. The van der Waals surface area contributed by atoms with Gasteiger partial charge in [0.15, 0.2) is 5.58 Å². The Kier molecular flexibility index (Phi) is 4.69. The summed E-state index contributed by atoms with van der Waals surface area (Å²) < 4.78 is 10.8. The van der Waals surface area contributed by atoms with E-state index in [4.69, 9.17) is 21.4 Å². The van der Waals surface area contributed by atoms with Crippen molar-refractivity contribution in [1.29, 1.82) is 0 Å². The van der Waals surface area contributed by atoms with Gasteiger partial charge in [0, 0.05) is 18.7 Å². The number of oxazole rings is 1. The third-order valence-electron chi connectivity index (χ3n) is 4.12. The standard InChI is InChI=1S/C18H22N2O4S/c1-18(2,3)24-16(22)12-5-4-8-20(10-12)15(21)11-6-7-13-14(9-11)23-17(25)19-13/h6-7,9,12H,4-5,8,10H2,1-3H3,(H,19,25)/t12-/m1/s1. The number of ether oxygens (including phenoxy) is 1. The number of likely N-dealkylation sites (tertiary alicyclic amines) is 1. The Morgan fingerprint density at radius 1 is 1.36 bits per heavy atom. The van der Waals surface area contributed by atoms with Crippen LogP contribution < -0.4 is 0 Å². The maximum atomic E-state index is 12.8. The summed E-state index contributed by atoms with van der Waals surface area (Å²) in [7, 11) is 0. The summed E-state index contributed by atoms with van der Waals surface area (Å²) in [6, 6.07) is 5.20. The van der Waals surface area contributed by atoms with Crippen LogP contribution in [0.15, 0.2) is 22.6 Å². The van der Waals surface area contributed by atoms with Crippen LogP contribution >= 0.6 is 12.2 Å². The Morgan fingerprint density at radius 2 is 2.12 bits per heavy atom. The van der Waals surface area contributed by atoms with E-state index in [9.17, 15) is 9.59 Å². The van der Waals surface area contributed by atoms with Crippen molar-refractivity contribution in [1.82, 2.24) is 9.88 Å². The molecule has 6 nitrogen and oxygen atoms in total. The molecule has 0 bridgehead atoms. The number of carbonyl (C=O) groups is 2. The molecule has 2 aromatic rings. The van der Waals surface area contributed by atoms with E-state index in [1.807, 2.05) is 20.8 Å². The molecule has 0 aliphatic carbocycles. The Hall–Kier alpha value is -2.15. The van der Waals surface area contributed by atoms with Gasteiger partial charge in [0.05, 0.1) is 11.4 Å². The number of nitrogens with zero attached hydrogens (tertiary/aromatic N) is 1. The monoisotopic (exact) mass is 362 g/mol. The number of piperidine rings is 1. The van der Waals surface area contributed by atoms with Gasteiger partial charge in [-0.25, -0.2) is 0 Å². The number of amides is 1. The molecular weight excluding hydrogens is 340 g/mol. The lowest BCUT2D eigenvalue weighted by atomic mass is 9.97. The molecule has 1 aromatic carbocycles. The van der Waals surface area contributed by atoms with Crippen LogP contribution in [0.5, 0.6) is 0 Å². The fourth-order valence-corrected chi connectivity index (χ4v) is 3.20. The highest BCUT2D eigenvalue weighted by Gasteiger charge is 2.32. The molecule has 7 heteroatoms. The fraction of sp³-hybridized carbons (Fsp3) is 0.500. The van der Waals surface area contributed by atoms with Crippen molar-refractivity contribution in [3.05, 3.63) is 28.6 Å². The van der Waals surface area contributed by atoms with Crippen LogP contribution in [0.25, 0.3) is 11.1 Å². The van der Waals surface area contributed by atoms with Crippen molar-refractivity contribution in [3.8, 4) is 0 Å². The van der Waals surface area contributed by atoms with Crippen LogP contribution in [0.4, 0.5) is 0 Å². The molecular formula is C18H22N2O4S. The fourth-order valence-electron chi connectivity index (χ4n) is 3.00. The molecule has 1 amide bonds. The number of rotatable bonds is 2. The maximum Gasteiger partial charge on any atom is 0.311 e. The minimum absolute atomic E-state index is 0.113. The second-order valence-electron chi connectivity index (χ2n) is 7.35. The first-order valence-electron chi connectivity index (χ1n) is 8.38. The van der Waals surface area contributed by atoms with E-state index in [-0.39, 0.29) is 22.6 Å². The average molecular weight is 362 g/mol. The molecule has 1 aromatic heterocycles. The summed E-state index contributed by atoms with van der Waals surface area (Å²) in [5.74, 6) is -0.633. The topological polar surface area (TPSA) is 75.5 Å². The van der Waals surface area contributed by atoms with Crippen molar-refractivity contribution in [2.75, 3.05) is 13.1 Å². The summed E-state index contributed by atoms with van der Waals surface area (Å²) in [6.45, 7) is 6.55. The van der Waals surface area contributed by atoms with E-state index >= 15 is 0 Å². The Morgan fingerprint density at radius 3 is 2.84 bits per heavy atom. The highest BCUT2D eigenvalue weighted by atomic mass is 32.1. The molecule has 134 valence electrons. The van der Waals surface area contributed by atoms with E-state index in [0.717, 1.165) is 18.4 Å². The predicted molar refractivity (Wildman–Crippen MR) is 95.9 cm³/mol. The number of hydrogen-bond acceptors (Lipinski definition) is 5. The molecule has 1 aliphatic heterocycles. The number of esters is 1. The Bertz CT molecular complexity index is 862. The summed E-state index contributed by atoms with van der Waals surface area (Å²) in [5, 5.41) is 0. The number of aromatic amines is 1. The lowest BCUT2D eigenvalue weighted by Crippen LogP contribution is -2.44. The molecule has 1 aliphatic rings. The van der Waals surface area contributed by atoms with E-state index in [2.05, 4.69) is 4.98 Å². The quantitative estimate of drug-likeness (QED) is 0.651. The molecule has 2 heterocycles. The van der Waals surface area contributed by atoms with Crippen LogP contribution in [0.2, 0.25) is 0 Å². The zero-order chi connectivity index (χ0) is 18.2. The SMILES string of the molecule is CC(C)(C)OC(=O)[C@@H]1CCCN(C(=O)c2ccc3[nH]c(=S)oc3c2)C1. The number of hydrogen-bond donors (Lipinski definition) is 1. The third kappa shape index (κ3) is 4.10. The van der Waals surface area contributed by atoms with Gasteiger partial charge in [0.2, 0.25) is 0 Å². The zero-order valence-corrected chi connectivity index (χ0v) is 15.4. The third-order valence-corrected chi connectivity index (χ3v) is 4.30. The van der Waals surface area contributed by atoms with Gasteiger partial charge in [-0.05, 0) is 64.0 Å². The first-order valence-corrected chi connectivity index (χ1v) is 8.79. The van der Waals surface area contributed by atoms with Crippen molar-refractivity contribution >= 4 is 35.2 Å². The summed E-state index contributed by atoms with van der Waals surface area (Å²) in [5.41, 5.74) is 1.31. The maximum absolute atomic E-state index is 12.8. The molecule has 1 fully saturated rings. The molecule has 0 radical (unpaired) electrons. The van der Waals surface area contributed by atoms with Gasteiger partial charge in [-0.1, -0.05) is 0 Å². The Balaban J connectivity index is 1.74. The number of fused-ring (bicyclic) bond motifs is 1. The minimum Gasteiger partial charge on any atom is -0.460 e. The van der Waals surface area contributed by atoms with E-state index < -0.39 is 5.60 Å². The van der Waals surface area contributed by atoms with Gasteiger partial charge in [-0.15, -0.1) is 0 Å². The molecule has 1 N–H and O–H groups in total. The largest absolute Gasteiger partial charge is 0.460 e. The summed E-state index contributed by atoms with van der Waals surface area (Å²) in [4.78, 5) is 30.0. The van der Waals surface area contributed by atoms with E-state index in [1.54, 1.807) is 23.1 Å². The second-order valence-corrected chi connectivity index (χ2v) is 7.72. The molecule has 0 saturated carbocycles. The zero-order valence-electron chi connectivity index (χ0n) is 14.6. The lowest BCUT2D eigenvalue weighted by molar-refractivity contribution is -0.161. The van der Waals surface area contributed by atoms with Crippen LogP contribution in [-0.4, -0.2) is 40.5 Å². The first kappa shape index (κ1) is 17.7. The van der Waals surface area contributed by atoms with Crippen molar-refractivity contribution in [2.45, 2.75) is 39.2 Å². The Labute approximate surface area is 151 Å². The molecule has 3 rings (SSSR count). The molecule has 1 atom stereocenters. The van der Waals surface area contributed by atoms with Gasteiger partial charge < -0.3 is 19.0 Å². The summed E-state index contributed by atoms with van der Waals surface area (Å²) >= 11 is 4.97. The highest BCUT2D eigenvalue weighted by molar-refractivity contribution is 7.71. The second kappa shape index (κ2) is 6.63. The van der Waals surface area contributed by atoms with Crippen molar-refractivity contribution in [3.63, 3.8) is 0 Å². The number of carbonyl (C=O) groups excluding carboxylic acids is 2. The normalized spacial score (nSPS) is 18.4. The minimum atomic E-state index is -0.522. The van der Waals surface area contributed by atoms with Crippen LogP contribution in [0.1, 0.15) is 44.0 Å². The van der Waals surface area contributed by atoms with Gasteiger partial charge in [0.1, 0.15) is 5.60 Å². The predicted octanol–water partition coefficient (Wildman–Crippen LogP) is 3.68. The van der Waals surface area contributed by atoms with Crippen LogP contribution in [0, 0.1) is 10.8 Å². The van der Waals surface area contributed by atoms with Crippen LogP contribution in [-0.2, 0) is 9.53 Å². The van der Waals surface area contributed by atoms with Gasteiger partial charge in [-0.3, -0.25) is 9.59 Å². The number of benzene rings is 1. The highest BCUT2D eigenvalue weighted by Crippen LogP contribution is 2.23. The first-order chi connectivity index (χ1) is 11.7.